The third kappa shape index (κ3) is 6.42. The quantitative estimate of drug-likeness (QED) is 0.644. The van der Waals surface area contributed by atoms with E-state index in [-0.39, 0.29) is 11.8 Å². The van der Waals surface area contributed by atoms with Gasteiger partial charge >= 0.3 is 0 Å². The minimum absolute atomic E-state index is 0.127. The maximum atomic E-state index is 13.0. The number of ether oxygens (including phenoxy) is 2. The number of hydrogen-bond acceptors (Lipinski definition) is 5. The first-order valence-electron chi connectivity index (χ1n) is 9.30. The average Bonchev–Trinajstić information content (AvgIpc) is 2.76. The molecule has 0 saturated carbocycles. The average molecular weight is 417 g/mol. The molecule has 2 rings (SSSR count). The van der Waals surface area contributed by atoms with Crippen LogP contribution in [0.2, 0.25) is 0 Å². The molecule has 29 heavy (non-hydrogen) atoms. The van der Waals surface area contributed by atoms with E-state index in [1.54, 1.807) is 55.1 Å². The zero-order chi connectivity index (χ0) is 21.2. The van der Waals surface area contributed by atoms with E-state index in [1.165, 1.54) is 7.11 Å². The van der Waals surface area contributed by atoms with Crippen LogP contribution in [0.25, 0.3) is 0 Å². The summed E-state index contributed by atoms with van der Waals surface area (Å²) in [4.78, 5) is 27.4. The van der Waals surface area contributed by atoms with Crippen LogP contribution in [0.4, 0.5) is 0 Å². The summed E-state index contributed by atoms with van der Waals surface area (Å²) in [5, 5.41) is 2.88. The Morgan fingerprint density at radius 1 is 1.07 bits per heavy atom. The molecule has 2 aromatic rings. The minimum atomic E-state index is -0.608. The predicted molar refractivity (Wildman–Crippen MR) is 117 cm³/mol. The second-order valence-corrected chi connectivity index (χ2v) is 7.54. The van der Waals surface area contributed by atoms with Crippen LogP contribution in [0.1, 0.15) is 22.3 Å². The van der Waals surface area contributed by atoms with Gasteiger partial charge in [0, 0.05) is 13.6 Å². The van der Waals surface area contributed by atoms with Crippen LogP contribution in [0.5, 0.6) is 11.5 Å². The van der Waals surface area contributed by atoms with Crippen LogP contribution in [-0.4, -0.2) is 56.0 Å². The summed E-state index contributed by atoms with van der Waals surface area (Å²) in [7, 11) is 4.88. The molecule has 0 spiro atoms. The first-order chi connectivity index (χ1) is 14.0. The number of nitrogens with zero attached hydrogens (tertiary/aromatic N) is 1. The van der Waals surface area contributed by atoms with Gasteiger partial charge < -0.3 is 19.7 Å². The Kier molecular flexibility index (Phi) is 8.86. The summed E-state index contributed by atoms with van der Waals surface area (Å²) < 4.78 is 10.4. The van der Waals surface area contributed by atoms with Crippen molar-refractivity contribution in [3.8, 4) is 11.5 Å². The van der Waals surface area contributed by atoms with Crippen molar-refractivity contribution in [1.82, 2.24) is 10.2 Å². The highest BCUT2D eigenvalue weighted by Crippen LogP contribution is 2.18. The molecule has 0 heterocycles. The largest absolute Gasteiger partial charge is 0.497 e. The first kappa shape index (κ1) is 22.6. The number of amides is 2. The fraction of sp³-hybridized carbons (Fsp3) is 0.364. The number of benzene rings is 2. The summed E-state index contributed by atoms with van der Waals surface area (Å²) in [5.74, 6) is 1.56. The highest BCUT2D eigenvalue weighted by atomic mass is 32.2. The lowest BCUT2D eigenvalue weighted by molar-refractivity contribution is -0.132. The Balaban J connectivity index is 2.10. The van der Waals surface area contributed by atoms with E-state index in [2.05, 4.69) is 5.32 Å². The molecule has 0 fully saturated rings. The van der Waals surface area contributed by atoms with Gasteiger partial charge in [0.2, 0.25) is 5.91 Å². The smallest absolute Gasteiger partial charge is 0.255 e. The van der Waals surface area contributed by atoms with Gasteiger partial charge in [-0.25, -0.2) is 0 Å². The van der Waals surface area contributed by atoms with Crippen LogP contribution in [0.15, 0.2) is 48.5 Å². The normalized spacial score (nSPS) is 11.4. The molecule has 1 atom stereocenters. The lowest BCUT2D eigenvalue weighted by atomic mass is 10.1. The molecule has 0 aromatic heterocycles. The van der Waals surface area contributed by atoms with Crippen molar-refractivity contribution in [2.75, 3.05) is 33.3 Å². The van der Waals surface area contributed by atoms with Crippen LogP contribution in [0, 0.1) is 0 Å². The van der Waals surface area contributed by atoms with Gasteiger partial charge in [0.1, 0.15) is 17.5 Å². The van der Waals surface area contributed by atoms with Crippen LogP contribution >= 0.6 is 11.8 Å². The Morgan fingerprint density at radius 2 is 1.76 bits per heavy atom. The summed E-state index contributed by atoms with van der Waals surface area (Å²) >= 11 is 1.64. The summed E-state index contributed by atoms with van der Waals surface area (Å²) in [6, 6.07) is 13.9. The van der Waals surface area contributed by atoms with Crippen molar-refractivity contribution in [3.05, 3.63) is 59.7 Å². The number of rotatable bonds is 10. The molecular formula is C22H28N2O4S. The van der Waals surface area contributed by atoms with Gasteiger partial charge in [-0.15, -0.1) is 0 Å². The van der Waals surface area contributed by atoms with Crippen molar-refractivity contribution in [1.29, 1.82) is 0 Å². The topological polar surface area (TPSA) is 67.9 Å². The minimum Gasteiger partial charge on any atom is -0.497 e. The Morgan fingerprint density at radius 3 is 2.38 bits per heavy atom. The molecular weight excluding hydrogens is 388 g/mol. The van der Waals surface area contributed by atoms with E-state index < -0.39 is 6.04 Å². The lowest BCUT2D eigenvalue weighted by Crippen LogP contribution is -2.47. The molecule has 6 nitrogen and oxygen atoms in total. The third-order valence-corrected chi connectivity index (χ3v) is 5.16. The molecule has 156 valence electrons. The van der Waals surface area contributed by atoms with E-state index in [4.69, 9.17) is 9.47 Å². The van der Waals surface area contributed by atoms with Gasteiger partial charge in [-0.3, -0.25) is 9.59 Å². The molecule has 0 radical (unpaired) electrons. The van der Waals surface area contributed by atoms with Crippen LogP contribution in [0.3, 0.4) is 0 Å². The van der Waals surface area contributed by atoms with Gasteiger partial charge in [0.25, 0.3) is 5.91 Å². The maximum absolute atomic E-state index is 13.0. The van der Waals surface area contributed by atoms with Crippen molar-refractivity contribution < 1.29 is 19.1 Å². The zero-order valence-corrected chi connectivity index (χ0v) is 18.1. The Bertz CT molecular complexity index is 811. The molecule has 1 unspecified atom stereocenters. The molecule has 2 aromatic carbocycles. The number of nitrogens with one attached hydrogen (secondary N) is 1. The highest BCUT2D eigenvalue weighted by Gasteiger charge is 2.25. The Labute approximate surface area is 176 Å². The standard InChI is InChI=1S/C22H28N2O4S/c1-24(15-16-9-11-17(27-2)12-10-16)22(26)19(13-14-29-4)23-21(25)18-7-5-6-8-20(18)28-3/h5-12,19H,13-15H2,1-4H3,(H,23,25). The molecule has 0 aliphatic rings. The number of carbonyl (C=O) groups is 2. The van der Waals surface area contributed by atoms with Gasteiger partial charge in [-0.05, 0) is 48.3 Å². The number of methoxy groups -OCH3 is 2. The highest BCUT2D eigenvalue weighted by molar-refractivity contribution is 7.98. The van der Waals surface area contributed by atoms with E-state index >= 15 is 0 Å². The van der Waals surface area contributed by atoms with Crippen molar-refractivity contribution >= 4 is 23.6 Å². The lowest BCUT2D eigenvalue weighted by Gasteiger charge is -2.25. The fourth-order valence-corrected chi connectivity index (χ4v) is 3.38. The van der Waals surface area contributed by atoms with Crippen LogP contribution in [-0.2, 0) is 11.3 Å². The molecule has 0 aliphatic heterocycles. The first-order valence-corrected chi connectivity index (χ1v) is 10.7. The molecule has 0 saturated heterocycles. The molecule has 2 amide bonds. The second-order valence-electron chi connectivity index (χ2n) is 6.55. The second kappa shape index (κ2) is 11.4. The van der Waals surface area contributed by atoms with Crippen molar-refractivity contribution in [2.24, 2.45) is 0 Å². The summed E-state index contributed by atoms with van der Waals surface area (Å²) in [5.41, 5.74) is 1.40. The zero-order valence-electron chi connectivity index (χ0n) is 17.3. The SMILES string of the molecule is COc1ccc(CN(C)C(=O)C(CCSC)NC(=O)c2ccccc2OC)cc1. The number of para-hydroxylation sites is 1. The number of hydrogen-bond donors (Lipinski definition) is 1. The van der Waals surface area contributed by atoms with E-state index in [0.717, 1.165) is 17.1 Å². The molecule has 0 aliphatic carbocycles. The summed E-state index contributed by atoms with van der Waals surface area (Å²) in [6.07, 6.45) is 2.53. The van der Waals surface area contributed by atoms with Crippen LogP contribution < -0.4 is 14.8 Å². The molecule has 7 heteroatoms. The predicted octanol–water partition coefficient (Wildman–Crippen LogP) is 3.21. The summed E-state index contributed by atoms with van der Waals surface area (Å²) in [6.45, 7) is 0.448. The van der Waals surface area contributed by atoms with Gasteiger partial charge in [-0.1, -0.05) is 24.3 Å². The molecule has 0 bridgehead atoms. The monoisotopic (exact) mass is 416 g/mol. The van der Waals surface area contributed by atoms with E-state index in [1.807, 2.05) is 30.5 Å². The number of thioether (sulfide) groups is 1. The van der Waals surface area contributed by atoms with Gasteiger partial charge in [-0.2, -0.15) is 11.8 Å². The van der Waals surface area contributed by atoms with Gasteiger partial charge in [0.15, 0.2) is 0 Å². The Hall–Kier alpha value is -2.67. The third-order valence-electron chi connectivity index (χ3n) is 4.52. The number of likely N-dealkylation sites (N-methyl/N-ethyl adjacent to an activating group) is 1. The van der Waals surface area contributed by atoms with Crippen molar-refractivity contribution in [3.63, 3.8) is 0 Å². The van der Waals surface area contributed by atoms with Crippen molar-refractivity contribution in [2.45, 2.75) is 19.0 Å². The van der Waals surface area contributed by atoms with Gasteiger partial charge in [0.05, 0.1) is 19.8 Å². The maximum Gasteiger partial charge on any atom is 0.255 e. The fourth-order valence-electron chi connectivity index (χ4n) is 2.91. The van der Waals surface area contributed by atoms with E-state index in [0.29, 0.717) is 24.3 Å². The number of carbonyl (C=O) groups excluding carboxylic acids is 2. The van der Waals surface area contributed by atoms with E-state index in [9.17, 15) is 9.59 Å². The molecule has 1 N–H and O–H groups in total.